The number of aliphatic hydroxyl groups excluding tert-OH is 1. The molecule has 20 heavy (non-hydrogen) atoms. The normalized spacial score (nSPS) is 19.8. The zero-order chi connectivity index (χ0) is 14.9. The van der Waals surface area contributed by atoms with Crippen LogP contribution in [0.2, 0.25) is 0 Å². The maximum atomic E-state index is 12.6. The van der Waals surface area contributed by atoms with Crippen molar-refractivity contribution in [2.45, 2.75) is 59.1 Å². The Bertz CT molecular complexity index is 479. The lowest BCUT2D eigenvalue weighted by Crippen LogP contribution is -2.41. The minimum atomic E-state index is -0.490. The molecule has 0 fully saturated rings. The molecule has 0 saturated carbocycles. The summed E-state index contributed by atoms with van der Waals surface area (Å²) < 4.78 is 0. The van der Waals surface area contributed by atoms with Crippen molar-refractivity contribution >= 4 is 17.2 Å². The Balaban J connectivity index is 2.19. The van der Waals surface area contributed by atoms with E-state index in [0.29, 0.717) is 6.54 Å². The fourth-order valence-electron chi connectivity index (χ4n) is 2.77. The molecule has 1 aliphatic rings. The Morgan fingerprint density at radius 1 is 1.50 bits per heavy atom. The number of fused-ring (bicyclic) bond motifs is 1. The molecule has 2 unspecified atom stereocenters. The van der Waals surface area contributed by atoms with Crippen molar-refractivity contribution in [3.05, 3.63) is 21.4 Å². The van der Waals surface area contributed by atoms with Gasteiger partial charge in [-0.1, -0.05) is 6.92 Å². The molecule has 2 atom stereocenters. The molecule has 1 aromatic heterocycles. The van der Waals surface area contributed by atoms with Crippen molar-refractivity contribution in [2.75, 3.05) is 6.54 Å². The first kappa shape index (κ1) is 15.5. The molecule has 0 bridgehead atoms. The molecule has 3 nitrogen and oxygen atoms in total. The molecule has 0 saturated heterocycles. The van der Waals surface area contributed by atoms with Gasteiger partial charge in [0.15, 0.2) is 0 Å². The number of hydrogen-bond acceptors (Lipinski definition) is 3. The van der Waals surface area contributed by atoms with Crippen molar-refractivity contribution in [1.29, 1.82) is 0 Å². The van der Waals surface area contributed by atoms with Gasteiger partial charge in [-0.15, -0.1) is 11.3 Å². The summed E-state index contributed by atoms with van der Waals surface area (Å²) >= 11 is 1.65. The molecule has 1 aromatic rings. The Labute approximate surface area is 125 Å². The zero-order valence-electron chi connectivity index (χ0n) is 12.8. The molecule has 1 heterocycles. The summed E-state index contributed by atoms with van der Waals surface area (Å²) in [5.41, 5.74) is 1.36. The number of aliphatic hydroxyl groups is 1. The third kappa shape index (κ3) is 3.41. The molecule has 2 rings (SSSR count). The van der Waals surface area contributed by atoms with Gasteiger partial charge in [0.05, 0.1) is 11.0 Å². The molecule has 0 aliphatic heterocycles. The van der Waals surface area contributed by atoms with Crippen LogP contribution in [0.3, 0.4) is 0 Å². The van der Waals surface area contributed by atoms with E-state index < -0.39 is 6.10 Å². The molecule has 1 amide bonds. The summed E-state index contributed by atoms with van der Waals surface area (Å²) in [4.78, 5) is 16.6. The SMILES string of the molecule is CC(O)CN(C(=O)c1cc2c(s1)CCC(C)C2)C(C)C. The highest BCUT2D eigenvalue weighted by atomic mass is 32.1. The number of nitrogens with zero attached hydrogens (tertiary/aromatic N) is 1. The summed E-state index contributed by atoms with van der Waals surface area (Å²) in [6, 6.07) is 2.19. The number of carbonyl (C=O) groups is 1. The predicted octanol–water partition coefficient (Wildman–Crippen LogP) is 3.10. The quantitative estimate of drug-likeness (QED) is 0.927. The van der Waals surface area contributed by atoms with E-state index in [0.717, 1.165) is 23.6 Å². The number of rotatable bonds is 4. The fourth-order valence-corrected chi connectivity index (χ4v) is 3.93. The van der Waals surface area contributed by atoms with Gasteiger partial charge < -0.3 is 10.0 Å². The summed E-state index contributed by atoms with van der Waals surface area (Å²) in [5, 5.41) is 9.57. The largest absolute Gasteiger partial charge is 0.392 e. The minimum Gasteiger partial charge on any atom is -0.392 e. The monoisotopic (exact) mass is 295 g/mol. The van der Waals surface area contributed by atoms with E-state index in [1.165, 1.54) is 16.9 Å². The smallest absolute Gasteiger partial charge is 0.264 e. The highest BCUT2D eigenvalue weighted by Crippen LogP contribution is 2.32. The van der Waals surface area contributed by atoms with Crippen LogP contribution in [0.25, 0.3) is 0 Å². The van der Waals surface area contributed by atoms with Crippen molar-refractivity contribution in [3.63, 3.8) is 0 Å². The second-order valence-corrected chi connectivity index (χ2v) is 7.44. The standard InChI is InChI=1S/C16H25NO2S/c1-10(2)17(9-12(4)18)16(19)15-8-13-7-11(3)5-6-14(13)20-15/h8,10-12,18H,5-7,9H2,1-4H3. The van der Waals surface area contributed by atoms with E-state index in [9.17, 15) is 9.90 Å². The van der Waals surface area contributed by atoms with Gasteiger partial charge in [-0.25, -0.2) is 0 Å². The molecular weight excluding hydrogens is 270 g/mol. The topological polar surface area (TPSA) is 40.5 Å². The molecule has 0 aromatic carbocycles. The minimum absolute atomic E-state index is 0.0629. The first-order valence-electron chi connectivity index (χ1n) is 7.49. The van der Waals surface area contributed by atoms with Gasteiger partial charge in [0.1, 0.15) is 0 Å². The van der Waals surface area contributed by atoms with E-state index in [-0.39, 0.29) is 11.9 Å². The number of carbonyl (C=O) groups excluding carboxylic acids is 1. The number of hydrogen-bond donors (Lipinski definition) is 1. The molecule has 112 valence electrons. The van der Waals surface area contributed by atoms with E-state index >= 15 is 0 Å². The highest BCUT2D eigenvalue weighted by Gasteiger charge is 2.25. The highest BCUT2D eigenvalue weighted by molar-refractivity contribution is 7.14. The summed E-state index contributed by atoms with van der Waals surface area (Å²) in [7, 11) is 0. The molecule has 1 aliphatic carbocycles. The van der Waals surface area contributed by atoms with Crippen LogP contribution in [0.5, 0.6) is 0 Å². The van der Waals surface area contributed by atoms with Crippen LogP contribution in [0.4, 0.5) is 0 Å². The molecule has 1 N–H and O–H groups in total. The number of aryl methyl sites for hydroxylation is 1. The summed E-state index contributed by atoms with van der Waals surface area (Å²) in [6.07, 6.45) is 2.93. The van der Waals surface area contributed by atoms with Crippen LogP contribution in [0, 0.1) is 5.92 Å². The van der Waals surface area contributed by atoms with Crippen LogP contribution in [0.1, 0.15) is 54.2 Å². The Morgan fingerprint density at radius 2 is 2.20 bits per heavy atom. The van der Waals surface area contributed by atoms with Crippen molar-refractivity contribution < 1.29 is 9.90 Å². The van der Waals surface area contributed by atoms with Crippen LogP contribution >= 0.6 is 11.3 Å². The maximum absolute atomic E-state index is 12.6. The van der Waals surface area contributed by atoms with Crippen molar-refractivity contribution in [1.82, 2.24) is 4.90 Å². The van der Waals surface area contributed by atoms with Gasteiger partial charge in [-0.05, 0) is 57.6 Å². The lowest BCUT2D eigenvalue weighted by Gasteiger charge is -2.27. The van der Waals surface area contributed by atoms with Crippen molar-refractivity contribution in [3.8, 4) is 0 Å². The molecule has 0 spiro atoms. The van der Waals surface area contributed by atoms with Crippen LogP contribution < -0.4 is 0 Å². The fraction of sp³-hybridized carbons (Fsp3) is 0.688. The lowest BCUT2D eigenvalue weighted by molar-refractivity contribution is 0.0583. The van der Waals surface area contributed by atoms with E-state index in [1.54, 1.807) is 23.2 Å². The molecule has 0 radical (unpaired) electrons. The second kappa shape index (κ2) is 6.27. The molecule has 4 heteroatoms. The average Bonchev–Trinajstić information content (AvgIpc) is 2.77. The van der Waals surface area contributed by atoms with Crippen LogP contribution in [0.15, 0.2) is 6.07 Å². The van der Waals surface area contributed by atoms with Crippen molar-refractivity contribution in [2.24, 2.45) is 5.92 Å². The number of thiophene rings is 1. The summed E-state index contributed by atoms with van der Waals surface area (Å²) in [5.74, 6) is 0.784. The van der Waals surface area contributed by atoms with Gasteiger partial charge in [0.2, 0.25) is 0 Å². The van der Waals surface area contributed by atoms with Crippen LogP contribution in [-0.2, 0) is 12.8 Å². The third-order valence-electron chi connectivity index (χ3n) is 3.89. The maximum Gasteiger partial charge on any atom is 0.264 e. The van der Waals surface area contributed by atoms with E-state index in [2.05, 4.69) is 13.0 Å². The Morgan fingerprint density at radius 3 is 2.80 bits per heavy atom. The van der Waals surface area contributed by atoms with Gasteiger partial charge in [0, 0.05) is 17.5 Å². The van der Waals surface area contributed by atoms with Gasteiger partial charge in [-0.2, -0.15) is 0 Å². The Hall–Kier alpha value is -0.870. The first-order chi connectivity index (χ1) is 9.38. The van der Waals surface area contributed by atoms with Gasteiger partial charge in [0.25, 0.3) is 5.91 Å². The zero-order valence-corrected chi connectivity index (χ0v) is 13.7. The lowest BCUT2D eigenvalue weighted by atomic mass is 9.90. The second-order valence-electron chi connectivity index (χ2n) is 6.31. The van der Waals surface area contributed by atoms with Gasteiger partial charge in [-0.3, -0.25) is 4.79 Å². The third-order valence-corrected chi connectivity index (χ3v) is 5.11. The Kier molecular flexibility index (Phi) is 4.86. The summed E-state index contributed by atoms with van der Waals surface area (Å²) in [6.45, 7) is 8.39. The molecular formula is C16H25NO2S. The first-order valence-corrected chi connectivity index (χ1v) is 8.30. The average molecular weight is 295 g/mol. The number of amides is 1. The van der Waals surface area contributed by atoms with Crippen LogP contribution in [-0.4, -0.2) is 34.6 Å². The van der Waals surface area contributed by atoms with E-state index in [4.69, 9.17) is 0 Å². The predicted molar refractivity (Wildman–Crippen MR) is 83.4 cm³/mol. The van der Waals surface area contributed by atoms with Gasteiger partial charge >= 0.3 is 0 Å². The van der Waals surface area contributed by atoms with E-state index in [1.807, 2.05) is 13.8 Å².